The minimum Gasteiger partial charge on any atom is -0.380 e. The number of aromatic nitrogens is 5. The summed E-state index contributed by atoms with van der Waals surface area (Å²) < 4.78 is 35.3. The third kappa shape index (κ3) is 8.37. The molecule has 4 aliphatic rings. The molecule has 4 N–H and O–H groups in total. The van der Waals surface area contributed by atoms with Crippen LogP contribution in [0.25, 0.3) is 11.4 Å². The van der Waals surface area contributed by atoms with E-state index in [2.05, 4.69) is 46.0 Å². The summed E-state index contributed by atoms with van der Waals surface area (Å²) in [6, 6.07) is 11.2. The number of carbonyl (C=O) groups is 5. The summed E-state index contributed by atoms with van der Waals surface area (Å²) in [4.78, 5) is 73.3. The van der Waals surface area contributed by atoms with Crippen LogP contribution >= 0.6 is 0 Å². The van der Waals surface area contributed by atoms with E-state index in [-0.39, 0.29) is 67.6 Å². The number of halogens is 2. The molecular weight excluding hydrogens is 756 g/mol. The molecule has 4 aliphatic heterocycles. The van der Waals surface area contributed by atoms with Crippen LogP contribution in [0.15, 0.2) is 54.9 Å². The number of alkyl halides is 2. The number of likely N-dealkylation sites (tertiary alicyclic amines) is 2. The maximum atomic E-state index is 14.0. The molecule has 3 aromatic heterocycles. The number of benzene rings is 1. The lowest BCUT2D eigenvalue weighted by Gasteiger charge is -2.47. The van der Waals surface area contributed by atoms with Crippen LogP contribution in [0.1, 0.15) is 76.7 Å². The molecule has 17 nitrogen and oxygen atoms in total. The number of anilines is 2. The molecule has 304 valence electrons. The number of hydrogen-bond acceptors (Lipinski definition) is 11. The van der Waals surface area contributed by atoms with E-state index < -0.39 is 30.0 Å². The predicted octanol–water partition coefficient (Wildman–Crippen LogP) is 2.99. The summed E-state index contributed by atoms with van der Waals surface area (Å²) in [6.07, 6.45) is 2.63. The van der Waals surface area contributed by atoms with Crippen molar-refractivity contribution in [1.29, 1.82) is 0 Å². The number of ether oxygens (including phenoxy) is 1. The van der Waals surface area contributed by atoms with Gasteiger partial charge in [-0.15, -0.1) is 0 Å². The smallest absolute Gasteiger partial charge is 0.284 e. The fourth-order valence-electron chi connectivity index (χ4n) is 7.98. The second-order valence-electron chi connectivity index (χ2n) is 14.9. The normalized spacial score (nSPS) is 19.3. The lowest BCUT2D eigenvalue weighted by atomic mass is 9.97. The van der Waals surface area contributed by atoms with Gasteiger partial charge >= 0.3 is 0 Å². The number of hydrogen-bond donors (Lipinski definition) is 4. The number of rotatable bonds is 14. The number of nitrogens with zero attached hydrogens (tertiary/aromatic N) is 7. The molecule has 0 aliphatic carbocycles. The molecule has 0 saturated carbocycles. The first kappa shape index (κ1) is 38.9. The number of piperidine rings is 2. The SMILES string of the molecule is O=C1CCC(N2Cc3c(NC(=O)CCOCCN4CCC(N5CC(n6cc(NC(=O)c7cccc(-c8ccn[nH]8)n7)c(C(F)F)n6)C5)CC4)cccc3C2=O)C(=O)N1. The van der Waals surface area contributed by atoms with E-state index in [1.807, 2.05) is 0 Å². The molecule has 7 heterocycles. The number of H-pyrrole nitrogens is 1. The molecule has 0 bridgehead atoms. The number of aromatic amines is 1. The summed E-state index contributed by atoms with van der Waals surface area (Å²) in [5.74, 6) is -2.01. The van der Waals surface area contributed by atoms with Crippen LogP contribution in [0, 0.1) is 0 Å². The highest BCUT2D eigenvalue weighted by Crippen LogP contribution is 2.34. The largest absolute Gasteiger partial charge is 0.380 e. The van der Waals surface area contributed by atoms with E-state index in [0.29, 0.717) is 53.9 Å². The van der Waals surface area contributed by atoms with Gasteiger partial charge in [-0.2, -0.15) is 10.2 Å². The van der Waals surface area contributed by atoms with Crippen LogP contribution in [0.2, 0.25) is 0 Å². The van der Waals surface area contributed by atoms with E-state index in [9.17, 15) is 32.8 Å². The summed E-state index contributed by atoms with van der Waals surface area (Å²) in [7, 11) is 0. The molecule has 8 rings (SSSR count). The Kier molecular flexibility index (Phi) is 11.3. The average molecular weight is 800 g/mol. The summed E-state index contributed by atoms with van der Waals surface area (Å²) in [5.41, 5.74) is 2.26. The van der Waals surface area contributed by atoms with Gasteiger partial charge in [-0.3, -0.25) is 44.0 Å². The zero-order valence-corrected chi connectivity index (χ0v) is 31.5. The van der Waals surface area contributed by atoms with Gasteiger partial charge < -0.3 is 25.2 Å². The minimum atomic E-state index is -2.87. The van der Waals surface area contributed by atoms with E-state index in [1.54, 1.807) is 42.6 Å². The van der Waals surface area contributed by atoms with Crippen molar-refractivity contribution in [2.45, 2.75) is 63.2 Å². The number of amides is 5. The third-order valence-corrected chi connectivity index (χ3v) is 11.2. The lowest BCUT2D eigenvalue weighted by Crippen LogP contribution is -2.55. The molecule has 1 aromatic carbocycles. The van der Waals surface area contributed by atoms with Gasteiger partial charge in [0, 0.05) is 67.8 Å². The Morgan fingerprint density at radius 2 is 1.76 bits per heavy atom. The Hall–Kier alpha value is -5.92. The maximum Gasteiger partial charge on any atom is 0.284 e. The van der Waals surface area contributed by atoms with Crippen molar-refractivity contribution in [2.75, 3.05) is 56.6 Å². The highest BCUT2D eigenvalue weighted by Gasteiger charge is 2.40. The highest BCUT2D eigenvalue weighted by molar-refractivity contribution is 6.07. The standard InChI is InChI=1S/C39H43F2N11O6/c40-36(41)35-31(45-37(55)30-6-2-5-28(43-30)29-9-13-42-47-29)22-52(48-35)24-19-50(20-24)23-10-14-49(15-11-23)16-18-58-17-12-34(54)44-27-4-1-3-25-26(27)21-51(39(25)57)32-7-8-33(53)46-38(32)56/h1-6,9,13,22-24,32,36H,7-8,10-12,14-21H2,(H,42,47)(H,44,54)(H,45,55)(H,46,53,56). The topological polar surface area (TPSA) is 200 Å². The monoisotopic (exact) mass is 799 g/mol. The van der Waals surface area contributed by atoms with Gasteiger partial charge in [-0.25, -0.2) is 13.8 Å². The lowest BCUT2D eigenvalue weighted by molar-refractivity contribution is -0.137. The molecule has 3 saturated heterocycles. The van der Waals surface area contributed by atoms with Gasteiger partial charge in [0.2, 0.25) is 17.7 Å². The van der Waals surface area contributed by atoms with Crippen molar-refractivity contribution in [3.05, 3.63) is 77.4 Å². The molecule has 0 spiro atoms. The maximum absolute atomic E-state index is 14.0. The van der Waals surface area contributed by atoms with Crippen molar-refractivity contribution in [2.24, 2.45) is 0 Å². The van der Waals surface area contributed by atoms with Crippen LogP contribution in [-0.2, 0) is 25.7 Å². The van der Waals surface area contributed by atoms with E-state index in [0.717, 1.165) is 32.5 Å². The van der Waals surface area contributed by atoms with Gasteiger partial charge in [-0.05, 0) is 62.7 Å². The Morgan fingerprint density at radius 3 is 2.52 bits per heavy atom. The van der Waals surface area contributed by atoms with Crippen molar-refractivity contribution < 1.29 is 37.5 Å². The number of imide groups is 1. The van der Waals surface area contributed by atoms with Gasteiger partial charge in [0.1, 0.15) is 11.7 Å². The molecule has 5 amide bonds. The van der Waals surface area contributed by atoms with Crippen LogP contribution in [0.3, 0.4) is 0 Å². The van der Waals surface area contributed by atoms with E-state index in [4.69, 9.17) is 4.74 Å². The fourth-order valence-corrected chi connectivity index (χ4v) is 7.98. The average Bonchev–Trinajstić information content (AvgIpc) is 3.96. The van der Waals surface area contributed by atoms with Crippen LogP contribution in [-0.4, -0.2) is 127 Å². The predicted molar refractivity (Wildman–Crippen MR) is 204 cm³/mol. The molecule has 19 heteroatoms. The first-order valence-corrected chi connectivity index (χ1v) is 19.4. The van der Waals surface area contributed by atoms with E-state index in [1.165, 1.54) is 21.8 Å². The van der Waals surface area contributed by atoms with Crippen molar-refractivity contribution >= 4 is 40.9 Å². The number of nitrogens with one attached hydrogen (secondary N) is 4. The van der Waals surface area contributed by atoms with Gasteiger partial charge in [0.15, 0.2) is 5.69 Å². The minimum absolute atomic E-state index is 0.0412. The zero-order chi connectivity index (χ0) is 40.3. The second-order valence-corrected chi connectivity index (χ2v) is 14.9. The molecule has 4 aromatic rings. The first-order chi connectivity index (χ1) is 28.1. The fraction of sp³-hybridized carbons (Fsp3) is 0.436. The summed E-state index contributed by atoms with van der Waals surface area (Å²) in [6.45, 7) is 4.69. The van der Waals surface area contributed by atoms with Crippen molar-refractivity contribution in [3.8, 4) is 11.4 Å². The van der Waals surface area contributed by atoms with Gasteiger partial charge in [0.25, 0.3) is 18.2 Å². The molecule has 58 heavy (non-hydrogen) atoms. The molecule has 0 radical (unpaired) electrons. The summed E-state index contributed by atoms with van der Waals surface area (Å²) in [5, 5.41) is 18.6. The Balaban J connectivity index is 0.737. The Bertz CT molecular complexity index is 2180. The van der Waals surface area contributed by atoms with Crippen molar-refractivity contribution in [1.82, 2.24) is 45.0 Å². The molecular formula is C39H43F2N11O6. The van der Waals surface area contributed by atoms with Gasteiger partial charge in [0.05, 0.1) is 42.8 Å². The molecule has 1 atom stereocenters. The van der Waals surface area contributed by atoms with Crippen LogP contribution in [0.5, 0.6) is 0 Å². The van der Waals surface area contributed by atoms with Crippen LogP contribution in [0.4, 0.5) is 20.2 Å². The molecule has 1 unspecified atom stereocenters. The van der Waals surface area contributed by atoms with Crippen LogP contribution < -0.4 is 16.0 Å². The highest BCUT2D eigenvalue weighted by atomic mass is 19.3. The zero-order valence-electron chi connectivity index (χ0n) is 31.5. The summed E-state index contributed by atoms with van der Waals surface area (Å²) >= 11 is 0. The Labute approximate surface area is 331 Å². The first-order valence-electron chi connectivity index (χ1n) is 19.4. The van der Waals surface area contributed by atoms with Gasteiger partial charge in [-0.1, -0.05) is 12.1 Å². The Morgan fingerprint density at radius 1 is 0.948 bits per heavy atom. The quantitative estimate of drug-likeness (QED) is 0.108. The number of carbonyl (C=O) groups excluding carboxylic acids is 5. The van der Waals surface area contributed by atoms with Crippen molar-refractivity contribution in [3.63, 3.8) is 0 Å². The third-order valence-electron chi connectivity index (χ3n) is 11.2. The molecule has 3 fully saturated rings. The second kappa shape index (κ2) is 16.9. The van der Waals surface area contributed by atoms with E-state index >= 15 is 0 Å². The number of pyridine rings is 1. The number of fused-ring (bicyclic) bond motifs is 1.